The molecular weight excluding hydrogens is 256 g/mol. The quantitative estimate of drug-likeness (QED) is 0.823. The number of nitrogens with zero attached hydrogens (tertiary/aromatic N) is 1. The van der Waals surface area contributed by atoms with Crippen molar-refractivity contribution in [1.82, 2.24) is 4.98 Å². The van der Waals surface area contributed by atoms with Gasteiger partial charge in [0.1, 0.15) is 0 Å². The molecule has 5 nitrogen and oxygen atoms in total. The van der Waals surface area contributed by atoms with Gasteiger partial charge in [-0.2, -0.15) is 0 Å². The maximum absolute atomic E-state index is 12.4. The van der Waals surface area contributed by atoms with E-state index < -0.39 is 17.8 Å². The van der Waals surface area contributed by atoms with Crippen molar-refractivity contribution in [3.63, 3.8) is 0 Å². The molecule has 3 rings (SSSR count). The van der Waals surface area contributed by atoms with Gasteiger partial charge in [0.05, 0.1) is 23.7 Å². The number of allylic oxidation sites excluding steroid dienone is 2. The summed E-state index contributed by atoms with van der Waals surface area (Å²) < 4.78 is 0. The van der Waals surface area contributed by atoms with Crippen LogP contribution in [-0.4, -0.2) is 22.0 Å². The zero-order valence-corrected chi connectivity index (χ0v) is 11.1. The molecule has 0 saturated heterocycles. The van der Waals surface area contributed by atoms with Crippen LogP contribution < -0.4 is 5.32 Å². The number of carboxylic acid groups (broad SMARTS) is 1. The normalized spacial score (nSPS) is 30.4. The van der Waals surface area contributed by atoms with Gasteiger partial charge in [0.2, 0.25) is 5.91 Å². The van der Waals surface area contributed by atoms with Crippen LogP contribution in [0, 0.1) is 30.6 Å². The Morgan fingerprint density at radius 2 is 1.95 bits per heavy atom. The first-order valence-electron chi connectivity index (χ1n) is 6.71. The molecule has 0 aliphatic heterocycles. The molecule has 1 aromatic heterocycles. The number of carbonyl (C=O) groups is 2. The highest BCUT2D eigenvalue weighted by Gasteiger charge is 2.51. The third-order valence-electron chi connectivity index (χ3n) is 4.23. The molecule has 1 heterocycles. The molecule has 104 valence electrons. The van der Waals surface area contributed by atoms with Crippen molar-refractivity contribution < 1.29 is 14.7 Å². The molecule has 0 aromatic carbocycles. The third kappa shape index (κ3) is 2.09. The van der Waals surface area contributed by atoms with Crippen LogP contribution in [-0.2, 0) is 9.59 Å². The Balaban J connectivity index is 1.78. The number of aliphatic carboxylic acids is 1. The fourth-order valence-electron chi connectivity index (χ4n) is 3.28. The maximum Gasteiger partial charge on any atom is 0.307 e. The fourth-order valence-corrected chi connectivity index (χ4v) is 3.28. The van der Waals surface area contributed by atoms with Gasteiger partial charge in [0.15, 0.2) is 0 Å². The summed E-state index contributed by atoms with van der Waals surface area (Å²) in [6.07, 6.45) is 6.26. The van der Waals surface area contributed by atoms with Gasteiger partial charge in [0.25, 0.3) is 0 Å². The summed E-state index contributed by atoms with van der Waals surface area (Å²) >= 11 is 0. The number of hydrogen-bond donors (Lipinski definition) is 2. The van der Waals surface area contributed by atoms with Gasteiger partial charge in [0, 0.05) is 5.69 Å². The van der Waals surface area contributed by atoms with E-state index >= 15 is 0 Å². The number of rotatable bonds is 3. The zero-order valence-electron chi connectivity index (χ0n) is 11.1. The highest BCUT2D eigenvalue weighted by atomic mass is 16.4. The van der Waals surface area contributed by atoms with E-state index in [9.17, 15) is 14.7 Å². The van der Waals surface area contributed by atoms with Gasteiger partial charge in [-0.25, -0.2) is 0 Å². The van der Waals surface area contributed by atoms with Crippen LogP contribution in [0.2, 0.25) is 0 Å². The maximum atomic E-state index is 12.4. The van der Waals surface area contributed by atoms with Crippen molar-refractivity contribution in [2.75, 3.05) is 5.32 Å². The van der Waals surface area contributed by atoms with Gasteiger partial charge < -0.3 is 10.4 Å². The van der Waals surface area contributed by atoms with Crippen LogP contribution in [0.15, 0.2) is 30.5 Å². The lowest BCUT2D eigenvalue weighted by atomic mass is 9.82. The molecule has 1 aromatic rings. The van der Waals surface area contributed by atoms with E-state index in [0.29, 0.717) is 5.69 Å². The fraction of sp³-hybridized carbons (Fsp3) is 0.400. The predicted octanol–water partition coefficient (Wildman–Crippen LogP) is 1.85. The van der Waals surface area contributed by atoms with E-state index in [1.807, 2.05) is 25.1 Å². The molecule has 1 saturated carbocycles. The molecule has 1 amide bonds. The lowest BCUT2D eigenvalue weighted by molar-refractivity contribution is -0.146. The Morgan fingerprint density at radius 1 is 1.25 bits per heavy atom. The molecule has 20 heavy (non-hydrogen) atoms. The number of amides is 1. The molecule has 2 aliphatic carbocycles. The Bertz CT molecular complexity index is 579. The van der Waals surface area contributed by atoms with Crippen LogP contribution in [0.5, 0.6) is 0 Å². The van der Waals surface area contributed by atoms with E-state index in [4.69, 9.17) is 0 Å². The van der Waals surface area contributed by atoms with Crippen molar-refractivity contribution in [1.29, 1.82) is 0 Å². The molecule has 4 unspecified atom stereocenters. The van der Waals surface area contributed by atoms with Crippen LogP contribution >= 0.6 is 0 Å². The number of pyridine rings is 1. The molecule has 5 heteroatoms. The lowest BCUT2D eigenvalue weighted by Gasteiger charge is -2.23. The molecule has 2 N–H and O–H groups in total. The predicted molar refractivity (Wildman–Crippen MR) is 73.0 cm³/mol. The summed E-state index contributed by atoms with van der Waals surface area (Å²) in [4.78, 5) is 27.9. The minimum Gasteiger partial charge on any atom is -0.481 e. The average Bonchev–Trinajstić information content (AvgIpc) is 3.01. The molecular formula is C15H16N2O3. The highest BCUT2D eigenvalue weighted by Crippen LogP contribution is 2.48. The first-order chi connectivity index (χ1) is 9.56. The van der Waals surface area contributed by atoms with E-state index in [-0.39, 0.29) is 17.7 Å². The zero-order chi connectivity index (χ0) is 14.3. The van der Waals surface area contributed by atoms with Crippen molar-refractivity contribution in [2.24, 2.45) is 23.7 Å². The largest absolute Gasteiger partial charge is 0.481 e. The highest BCUT2D eigenvalue weighted by molar-refractivity contribution is 5.96. The van der Waals surface area contributed by atoms with E-state index in [0.717, 1.165) is 12.1 Å². The molecule has 1 fully saturated rings. The molecule has 2 bridgehead atoms. The minimum atomic E-state index is -0.885. The smallest absolute Gasteiger partial charge is 0.307 e. The van der Waals surface area contributed by atoms with Gasteiger partial charge in [-0.3, -0.25) is 14.6 Å². The van der Waals surface area contributed by atoms with E-state index in [1.165, 1.54) is 0 Å². The first kappa shape index (κ1) is 12.8. The number of anilines is 1. The van der Waals surface area contributed by atoms with E-state index in [1.54, 1.807) is 12.3 Å². The van der Waals surface area contributed by atoms with Crippen LogP contribution in [0.1, 0.15) is 12.1 Å². The number of aromatic nitrogens is 1. The summed E-state index contributed by atoms with van der Waals surface area (Å²) in [5, 5.41) is 12.1. The number of carboxylic acids is 1. The van der Waals surface area contributed by atoms with E-state index in [2.05, 4.69) is 10.3 Å². The van der Waals surface area contributed by atoms with Gasteiger partial charge >= 0.3 is 5.97 Å². The first-order valence-corrected chi connectivity index (χ1v) is 6.71. The molecule has 0 radical (unpaired) electrons. The number of carbonyl (C=O) groups excluding carboxylic acids is 1. The Hall–Kier alpha value is -2.17. The summed E-state index contributed by atoms with van der Waals surface area (Å²) in [7, 11) is 0. The van der Waals surface area contributed by atoms with Crippen molar-refractivity contribution in [3.8, 4) is 0 Å². The monoisotopic (exact) mass is 272 g/mol. The standard InChI is InChI=1S/C15H16N2O3/c1-8-2-5-11(7-16-8)17-14(18)12-9-3-4-10(6-9)13(12)15(19)20/h2-5,7,9-10,12-13H,6H2,1H3,(H,17,18)(H,19,20). The topological polar surface area (TPSA) is 79.3 Å². The number of aryl methyl sites for hydroxylation is 1. The summed E-state index contributed by atoms with van der Waals surface area (Å²) in [6, 6.07) is 3.59. The Kier molecular flexibility index (Phi) is 3.04. The van der Waals surface area contributed by atoms with Crippen molar-refractivity contribution in [2.45, 2.75) is 13.3 Å². The van der Waals surface area contributed by atoms with Gasteiger partial charge in [-0.05, 0) is 37.3 Å². The summed E-state index contributed by atoms with van der Waals surface area (Å²) in [5.74, 6) is -2.17. The summed E-state index contributed by atoms with van der Waals surface area (Å²) in [6.45, 7) is 1.87. The van der Waals surface area contributed by atoms with Gasteiger partial charge in [-0.1, -0.05) is 12.2 Å². The molecule has 2 aliphatic rings. The van der Waals surface area contributed by atoms with Crippen LogP contribution in [0.25, 0.3) is 0 Å². The molecule has 4 atom stereocenters. The summed E-state index contributed by atoms with van der Waals surface area (Å²) in [5.41, 5.74) is 1.48. The third-order valence-corrected chi connectivity index (χ3v) is 4.23. The second kappa shape index (κ2) is 4.74. The Morgan fingerprint density at radius 3 is 2.55 bits per heavy atom. The number of fused-ring (bicyclic) bond motifs is 2. The van der Waals surface area contributed by atoms with Crippen LogP contribution in [0.3, 0.4) is 0 Å². The molecule has 0 spiro atoms. The van der Waals surface area contributed by atoms with Gasteiger partial charge in [-0.15, -0.1) is 0 Å². The van der Waals surface area contributed by atoms with Crippen LogP contribution in [0.4, 0.5) is 5.69 Å². The second-order valence-corrected chi connectivity index (χ2v) is 5.52. The van der Waals surface area contributed by atoms with Crippen molar-refractivity contribution >= 4 is 17.6 Å². The average molecular weight is 272 g/mol. The second-order valence-electron chi connectivity index (χ2n) is 5.52. The number of hydrogen-bond acceptors (Lipinski definition) is 3. The minimum absolute atomic E-state index is 0.00982. The lowest BCUT2D eigenvalue weighted by Crippen LogP contribution is -2.36. The number of nitrogens with one attached hydrogen (secondary N) is 1. The SMILES string of the molecule is Cc1ccc(NC(=O)C2C3C=CC(C3)C2C(=O)O)cn1. The Labute approximate surface area is 116 Å². The van der Waals surface area contributed by atoms with Crippen molar-refractivity contribution in [3.05, 3.63) is 36.2 Å².